The van der Waals surface area contributed by atoms with Gasteiger partial charge in [0, 0.05) is 30.5 Å². The Bertz CT molecular complexity index is 1710. The molecule has 39 heavy (non-hydrogen) atoms. The van der Waals surface area contributed by atoms with Crippen LogP contribution >= 0.6 is 0 Å². The van der Waals surface area contributed by atoms with Crippen molar-refractivity contribution in [1.29, 1.82) is 0 Å². The van der Waals surface area contributed by atoms with E-state index in [0.717, 1.165) is 15.7 Å². The molecule has 2 aliphatic carbocycles. The number of hydrogen-bond donors (Lipinski definition) is 1. The number of Topliss-reactive ketones (excluding diaryl/α,β-unsaturated/α-hetero) is 1. The van der Waals surface area contributed by atoms with Crippen LogP contribution in [-0.4, -0.2) is 30.6 Å². The van der Waals surface area contributed by atoms with Gasteiger partial charge in [-0.2, -0.15) is 0 Å². The van der Waals surface area contributed by atoms with Crippen molar-refractivity contribution in [2.75, 3.05) is 0 Å². The average molecular weight is 528 g/mol. The maximum absolute atomic E-state index is 13.8. The van der Waals surface area contributed by atoms with Gasteiger partial charge < -0.3 is 9.84 Å². The molecule has 0 radical (unpaired) electrons. The fourth-order valence-electron chi connectivity index (χ4n) is 6.71. The number of ketones is 2. The molecule has 1 saturated carbocycles. The summed E-state index contributed by atoms with van der Waals surface area (Å²) in [6, 6.07) is 14.0. The highest BCUT2D eigenvalue weighted by Gasteiger charge is 2.59. The first kappa shape index (κ1) is 24.9. The summed E-state index contributed by atoms with van der Waals surface area (Å²) >= 11 is 0. The van der Waals surface area contributed by atoms with Crippen molar-refractivity contribution in [3.8, 4) is 11.5 Å². The maximum atomic E-state index is 13.8. The van der Waals surface area contributed by atoms with Crippen LogP contribution < -0.4 is 16.1 Å². The van der Waals surface area contributed by atoms with Gasteiger partial charge >= 0.3 is 11.4 Å². The number of carbonyl (C=O) groups is 2. The number of ether oxygens (including phenoxy) is 1. The summed E-state index contributed by atoms with van der Waals surface area (Å²) in [4.78, 5) is 53.0. The Hall–Kier alpha value is -4.40. The first-order chi connectivity index (χ1) is 18.6. The van der Waals surface area contributed by atoms with Crippen molar-refractivity contribution in [3.05, 3.63) is 104 Å². The fourth-order valence-corrected chi connectivity index (χ4v) is 6.71. The Morgan fingerprint density at radius 2 is 1.79 bits per heavy atom. The van der Waals surface area contributed by atoms with E-state index in [1.165, 1.54) is 28.6 Å². The summed E-state index contributed by atoms with van der Waals surface area (Å²) in [5, 5.41) is 11.3. The van der Waals surface area contributed by atoms with E-state index in [4.69, 9.17) is 4.74 Å². The smallest absolute Gasteiger partial charge is 0.347 e. The lowest BCUT2D eigenvalue weighted by Crippen LogP contribution is -2.54. The molecular formula is C30H29N3O6. The molecule has 1 fully saturated rings. The largest absolute Gasteiger partial charge is 0.508 e. The zero-order valence-corrected chi connectivity index (χ0v) is 22.0. The van der Waals surface area contributed by atoms with Gasteiger partial charge in [-0.05, 0) is 42.2 Å². The molecule has 0 bridgehead atoms. The zero-order valence-electron chi connectivity index (χ0n) is 22.0. The van der Waals surface area contributed by atoms with Crippen molar-refractivity contribution in [1.82, 2.24) is 13.9 Å². The quantitative estimate of drug-likeness (QED) is 0.522. The molecule has 6 rings (SSSR count). The Morgan fingerprint density at radius 1 is 1.05 bits per heavy atom. The zero-order chi connectivity index (χ0) is 27.6. The van der Waals surface area contributed by atoms with E-state index in [2.05, 4.69) is 0 Å². The number of aromatic nitrogens is 3. The van der Waals surface area contributed by atoms with Crippen LogP contribution in [0, 0.1) is 11.3 Å². The summed E-state index contributed by atoms with van der Waals surface area (Å²) in [5.74, 6) is -1.39. The van der Waals surface area contributed by atoms with Crippen LogP contribution in [0.3, 0.4) is 0 Å². The highest BCUT2D eigenvalue weighted by Crippen LogP contribution is 2.60. The highest BCUT2D eigenvalue weighted by molar-refractivity contribution is 6.13. The monoisotopic (exact) mass is 527 g/mol. The summed E-state index contributed by atoms with van der Waals surface area (Å²) in [6.45, 7) is 3.89. The lowest BCUT2D eigenvalue weighted by Gasteiger charge is -2.52. The van der Waals surface area contributed by atoms with Gasteiger partial charge in [0.05, 0.1) is 18.0 Å². The molecule has 9 nitrogen and oxygen atoms in total. The SMILES string of the molecule is CC1=CC(=O)[C@@H]2C[C@@H]3C(=CCn4c(=O)n(C)c(=O)n43)[C@H](c3ccc(OCc4ccccc4)cc3O)[C@]2(C)C1=O. The molecule has 1 N–H and O–H groups in total. The van der Waals surface area contributed by atoms with Gasteiger partial charge in [-0.3, -0.25) is 9.59 Å². The molecule has 2 aromatic carbocycles. The minimum Gasteiger partial charge on any atom is -0.508 e. The number of nitrogens with zero attached hydrogens (tertiary/aromatic N) is 3. The molecule has 0 unspecified atom stereocenters. The van der Waals surface area contributed by atoms with Gasteiger partial charge in [-0.15, -0.1) is 0 Å². The number of phenols is 1. The summed E-state index contributed by atoms with van der Waals surface area (Å²) < 4.78 is 9.72. The molecule has 0 spiro atoms. The molecule has 200 valence electrons. The predicted molar refractivity (Wildman–Crippen MR) is 143 cm³/mol. The van der Waals surface area contributed by atoms with Crippen molar-refractivity contribution in [2.24, 2.45) is 18.4 Å². The number of phenolic OH excluding ortho intramolecular Hbond substituents is 1. The van der Waals surface area contributed by atoms with Crippen LogP contribution in [0.25, 0.3) is 0 Å². The second kappa shape index (κ2) is 8.83. The predicted octanol–water partition coefficient (Wildman–Crippen LogP) is 3.02. The van der Waals surface area contributed by atoms with E-state index in [9.17, 15) is 24.3 Å². The number of benzene rings is 2. The summed E-state index contributed by atoms with van der Waals surface area (Å²) in [7, 11) is 1.43. The van der Waals surface area contributed by atoms with Crippen molar-refractivity contribution in [2.45, 2.75) is 45.4 Å². The first-order valence-corrected chi connectivity index (χ1v) is 13.0. The molecule has 4 atom stereocenters. The third-order valence-electron chi connectivity index (χ3n) is 8.66. The molecule has 3 aromatic rings. The number of carbonyl (C=O) groups excluding carboxylic acids is 2. The van der Waals surface area contributed by atoms with Gasteiger partial charge in [0.15, 0.2) is 11.6 Å². The number of hydrogen-bond acceptors (Lipinski definition) is 6. The third kappa shape index (κ3) is 3.60. The van der Waals surface area contributed by atoms with Crippen LogP contribution in [0.4, 0.5) is 0 Å². The average Bonchev–Trinajstić information content (AvgIpc) is 3.15. The van der Waals surface area contributed by atoms with Gasteiger partial charge in [0.2, 0.25) is 0 Å². The molecule has 0 saturated heterocycles. The van der Waals surface area contributed by atoms with Crippen LogP contribution in [-0.2, 0) is 29.8 Å². The molecule has 1 aliphatic heterocycles. The minimum atomic E-state index is -1.18. The van der Waals surface area contributed by atoms with Crippen LogP contribution in [0.2, 0.25) is 0 Å². The molecule has 1 aromatic heterocycles. The van der Waals surface area contributed by atoms with E-state index in [1.54, 1.807) is 26.0 Å². The number of aromatic hydroxyl groups is 1. The topological polar surface area (TPSA) is 113 Å². The van der Waals surface area contributed by atoms with Crippen LogP contribution in [0.15, 0.2) is 81.4 Å². The van der Waals surface area contributed by atoms with Crippen molar-refractivity contribution in [3.63, 3.8) is 0 Å². The van der Waals surface area contributed by atoms with Crippen LogP contribution in [0.1, 0.15) is 43.4 Å². The standard InChI is InChI=1S/C30H29N3O6/c1-17-13-25(35)22-15-23-20(11-12-32-28(37)31(3)29(38)33(23)32)26(30(22,2)27(17)36)21-10-9-19(14-24(21)34)39-16-18-7-5-4-6-8-18/h4-11,13-14,22-23,26,34H,12,15-16H2,1-3H3/t22-,23+,26+,30+/m0/s1. The first-order valence-electron chi connectivity index (χ1n) is 13.0. The molecule has 3 aliphatic rings. The second-order valence-corrected chi connectivity index (χ2v) is 10.8. The minimum absolute atomic E-state index is 0.0667. The summed E-state index contributed by atoms with van der Waals surface area (Å²) in [6.07, 6.45) is 3.45. The lowest BCUT2D eigenvalue weighted by molar-refractivity contribution is -0.139. The van der Waals surface area contributed by atoms with E-state index in [-0.39, 0.29) is 30.3 Å². The number of fused-ring (bicyclic) bond motifs is 4. The molecule has 9 heteroatoms. The van der Waals surface area contributed by atoms with Gasteiger partial charge in [0.25, 0.3) is 0 Å². The Kier molecular flexibility index (Phi) is 5.64. The third-order valence-corrected chi connectivity index (χ3v) is 8.66. The number of rotatable bonds is 4. The Balaban J connectivity index is 1.47. The Morgan fingerprint density at radius 3 is 2.51 bits per heavy atom. The summed E-state index contributed by atoms with van der Waals surface area (Å²) in [5.41, 5.74) is 0.467. The van der Waals surface area contributed by atoms with E-state index < -0.39 is 34.7 Å². The van der Waals surface area contributed by atoms with Crippen molar-refractivity contribution < 1.29 is 19.4 Å². The second-order valence-electron chi connectivity index (χ2n) is 10.8. The molecular weight excluding hydrogens is 498 g/mol. The fraction of sp³-hybridized carbons (Fsp3) is 0.333. The maximum Gasteiger partial charge on any atom is 0.347 e. The Labute approximate surface area is 224 Å². The highest BCUT2D eigenvalue weighted by atomic mass is 16.5. The van der Waals surface area contributed by atoms with Gasteiger partial charge in [0.1, 0.15) is 18.1 Å². The normalized spacial score (nSPS) is 25.8. The van der Waals surface area contributed by atoms with E-state index >= 15 is 0 Å². The van der Waals surface area contributed by atoms with Gasteiger partial charge in [-0.1, -0.05) is 49.4 Å². The van der Waals surface area contributed by atoms with E-state index in [0.29, 0.717) is 23.5 Å². The number of allylic oxidation sites excluding steroid dienone is 4. The molecule has 2 heterocycles. The van der Waals surface area contributed by atoms with E-state index in [1.807, 2.05) is 36.4 Å². The van der Waals surface area contributed by atoms with Gasteiger partial charge in [-0.25, -0.2) is 23.5 Å². The van der Waals surface area contributed by atoms with Crippen molar-refractivity contribution >= 4 is 11.6 Å². The lowest BCUT2D eigenvalue weighted by atomic mass is 9.51. The molecule has 0 amide bonds. The van der Waals surface area contributed by atoms with Crippen LogP contribution in [0.5, 0.6) is 11.5 Å².